The molecule has 100 valence electrons. The van der Waals surface area contributed by atoms with Gasteiger partial charge in [-0.15, -0.1) is 0 Å². The molecule has 0 N–H and O–H groups in total. The van der Waals surface area contributed by atoms with Crippen molar-refractivity contribution < 1.29 is 9.72 Å². The zero-order valence-electron chi connectivity index (χ0n) is 11.2. The van der Waals surface area contributed by atoms with Crippen LogP contribution in [0.25, 0.3) is 10.9 Å². The van der Waals surface area contributed by atoms with Gasteiger partial charge in [0.25, 0.3) is 5.69 Å². The Labute approximate surface area is 111 Å². The van der Waals surface area contributed by atoms with E-state index in [0.29, 0.717) is 0 Å². The topological polar surface area (TPSA) is 65.1 Å². The monoisotopic (exact) mass is 260 g/mol. The van der Waals surface area contributed by atoms with Gasteiger partial charge < -0.3 is 4.57 Å². The fourth-order valence-electron chi connectivity index (χ4n) is 1.83. The number of benzene rings is 1. The second kappa shape index (κ2) is 4.50. The molecule has 0 aliphatic carbocycles. The van der Waals surface area contributed by atoms with E-state index in [1.807, 2.05) is 25.3 Å². The van der Waals surface area contributed by atoms with Gasteiger partial charge in [0.05, 0.1) is 11.5 Å². The van der Waals surface area contributed by atoms with E-state index in [1.165, 1.54) is 12.1 Å². The summed E-state index contributed by atoms with van der Waals surface area (Å²) in [6.45, 7) is 5.93. The highest BCUT2D eigenvalue weighted by Gasteiger charge is 2.21. The summed E-state index contributed by atoms with van der Waals surface area (Å²) in [6, 6.07) is 6.45. The van der Waals surface area contributed by atoms with E-state index in [2.05, 4.69) is 0 Å². The number of hydrogen-bond acceptors (Lipinski definition) is 3. The van der Waals surface area contributed by atoms with Crippen molar-refractivity contribution in [2.24, 2.45) is 5.41 Å². The highest BCUT2D eigenvalue weighted by molar-refractivity contribution is 5.87. The van der Waals surface area contributed by atoms with Crippen molar-refractivity contribution in [1.29, 1.82) is 0 Å². The maximum Gasteiger partial charge on any atom is 0.270 e. The molecule has 19 heavy (non-hydrogen) atoms. The summed E-state index contributed by atoms with van der Waals surface area (Å²) in [4.78, 5) is 22.3. The van der Waals surface area contributed by atoms with Crippen molar-refractivity contribution in [3.8, 4) is 0 Å². The Bertz CT molecular complexity index is 650. The van der Waals surface area contributed by atoms with Gasteiger partial charge in [0.2, 0.25) is 0 Å². The minimum atomic E-state index is -0.420. The number of non-ortho nitro benzene ring substituents is 1. The number of Topliss-reactive ketones (excluding diaryl/α,β-unsaturated/α-hetero) is 1. The van der Waals surface area contributed by atoms with Crippen molar-refractivity contribution in [1.82, 2.24) is 4.57 Å². The summed E-state index contributed by atoms with van der Waals surface area (Å²) < 4.78 is 1.83. The van der Waals surface area contributed by atoms with E-state index in [0.717, 1.165) is 10.9 Å². The Kier molecular flexibility index (Phi) is 3.14. The van der Waals surface area contributed by atoms with E-state index < -0.39 is 10.3 Å². The van der Waals surface area contributed by atoms with Crippen LogP contribution in [0.1, 0.15) is 20.8 Å². The Hall–Kier alpha value is -2.17. The number of nitro groups is 1. The Morgan fingerprint density at radius 3 is 2.58 bits per heavy atom. The van der Waals surface area contributed by atoms with Crippen molar-refractivity contribution in [2.45, 2.75) is 27.3 Å². The predicted molar refractivity (Wildman–Crippen MR) is 73.1 cm³/mol. The first-order chi connectivity index (χ1) is 8.79. The lowest BCUT2D eigenvalue weighted by Gasteiger charge is -2.17. The van der Waals surface area contributed by atoms with Crippen LogP contribution in [0.2, 0.25) is 0 Å². The average molecular weight is 260 g/mol. The highest BCUT2D eigenvalue weighted by atomic mass is 16.6. The van der Waals surface area contributed by atoms with Gasteiger partial charge in [-0.1, -0.05) is 20.8 Å². The van der Waals surface area contributed by atoms with Gasteiger partial charge >= 0.3 is 0 Å². The molecule has 1 aromatic heterocycles. The molecular weight excluding hydrogens is 244 g/mol. The number of rotatable bonds is 3. The third kappa shape index (κ3) is 2.65. The number of carbonyl (C=O) groups excluding carboxylic acids is 1. The summed E-state index contributed by atoms with van der Waals surface area (Å²) in [5, 5.41) is 11.5. The van der Waals surface area contributed by atoms with Crippen LogP contribution in [-0.2, 0) is 11.3 Å². The second-order valence-corrected chi connectivity index (χ2v) is 5.62. The second-order valence-electron chi connectivity index (χ2n) is 5.62. The molecule has 0 radical (unpaired) electrons. The SMILES string of the molecule is CC(C)(C)C(=O)Cn1ccc2cc([N+](=O)[O-])ccc21. The standard InChI is InChI=1S/C14H16N2O3/c1-14(2,3)13(17)9-15-7-6-10-8-11(16(18)19)4-5-12(10)15/h4-8H,9H2,1-3H3. The fraction of sp³-hybridized carbons (Fsp3) is 0.357. The van der Waals surface area contributed by atoms with Gasteiger partial charge in [0.15, 0.2) is 5.78 Å². The quantitative estimate of drug-likeness (QED) is 0.629. The van der Waals surface area contributed by atoms with Crippen LogP contribution in [0.15, 0.2) is 30.5 Å². The van der Waals surface area contributed by atoms with Gasteiger partial charge in [-0.25, -0.2) is 0 Å². The number of ketones is 1. The number of carbonyl (C=O) groups is 1. The molecule has 0 saturated heterocycles. The zero-order valence-corrected chi connectivity index (χ0v) is 11.2. The lowest BCUT2D eigenvalue weighted by molar-refractivity contribution is -0.384. The Morgan fingerprint density at radius 1 is 1.32 bits per heavy atom. The first-order valence-electron chi connectivity index (χ1n) is 6.05. The van der Waals surface area contributed by atoms with E-state index in [-0.39, 0.29) is 18.0 Å². The molecule has 2 aromatic rings. The number of aromatic nitrogens is 1. The van der Waals surface area contributed by atoms with Gasteiger partial charge in [-0.3, -0.25) is 14.9 Å². The van der Waals surface area contributed by atoms with E-state index in [9.17, 15) is 14.9 Å². The smallest absolute Gasteiger partial charge is 0.270 e. The number of hydrogen-bond donors (Lipinski definition) is 0. The molecule has 2 rings (SSSR count). The maximum atomic E-state index is 12.0. The van der Waals surface area contributed by atoms with Gasteiger partial charge in [0, 0.05) is 34.6 Å². The molecule has 5 heteroatoms. The third-order valence-corrected chi connectivity index (χ3v) is 3.12. The molecule has 1 heterocycles. The third-order valence-electron chi connectivity index (χ3n) is 3.12. The highest BCUT2D eigenvalue weighted by Crippen LogP contribution is 2.23. The lowest BCUT2D eigenvalue weighted by atomic mass is 9.91. The summed E-state index contributed by atoms with van der Waals surface area (Å²) in [7, 11) is 0. The minimum absolute atomic E-state index is 0.0624. The molecule has 0 amide bonds. The van der Waals surface area contributed by atoms with Crippen molar-refractivity contribution in [2.75, 3.05) is 0 Å². The normalized spacial score (nSPS) is 11.7. The van der Waals surface area contributed by atoms with Crippen molar-refractivity contribution >= 4 is 22.4 Å². The molecule has 0 fully saturated rings. The number of fused-ring (bicyclic) bond motifs is 1. The summed E-state index contributed by atoms with van der Waals surface area (Å²) in [5.41, 5.74) is 0.507. The first-order valence-corrected chi connectivity index (χ1v) is 6.05. The van der Waals surface area contributed by atoms with E-state index in [1.54, 1.807) is 18.3 Å². The van der Waals surface area contributed by atoms with E-state index in [4.69, 9.17) is 0 Å². The zero-order chi connectivity index (χ0) is 14.2. The molecule has 0 saturated carbocycles. The number of nitrogens with zero attached hydrogens (tertiary/aromatic N) is 2. The molecular formula is C14H16N2O3. The Morgan fingerprint density at radius 2 is 2.00 bits per heavy atom. The lowest BCUT2D eigenvalue weighted by Crippen LogP contribution is -2.24. The average Bonchev–Trinajstić information content (AvgIpc) is 2.70. The van der Waals surface area contributed by atoms with Gasteiger partial charge in [0.1, 0.15) is 0 Å². The molecule has 0 atom stereocenters. The van der Waals surface area contributed by atoms with Gasteiger partial charge in [-0.05, 0) is 12.1 Å². The largest absolute Gasteiger partial charge is 0.340 e. The van der Waals surface area contributed by atoms with Crippen LogP contribution < -0.4 is 0 Å². The molecule has 1 aromatic carbocycles. The molecule has 5 nitrogen and oxygen atoms in total. The molecule has 0 aliphatic heterocycles. The van der Waals surface area contributed by atoms with Crippen LogP contribution in [0.5, 0.6) is 0 Å². The van der Waals surface area contributed by atoms with Crippen LogP contribution in [0.4, 0.5) is 5.69 Å². The van der Waals surface area contributed by atoms with E-state index >= 15 is 0 Å². The molecule has 0 bridgehead atoms. The minimum Gasteiger partial charge on any atom is -0.340 e. The van der Waals surface area contributed by atoms with Crippen LogP contribution >= 0.6 is 0 Å². The Balaban J connectivity index is 2.36. The predicted octanol–water partition coefficient (Wildman–Crippen LogP) is 3.16. The molecule has 0 aliphatic rings. The summed E-state index contributed by atoms with van der Waals surface area (Å²) in [5.74, 6) is 0.128. The van der Waals surface area contributed by atoms with Crippen molar-refractivity contribution in [3.63, 3.8) is 0 Å². The first kappa shape index (κ1) is 13.3. The summed E-state index contributed by atoms with van der Waals surface area (Å²) >= 11 is 0. The summed E-state index contributed by atoms with van der Waals surface area (Å²) in [6.07, 6.45) is 1.79. The molecule has 0 unspecified atom stereocenters. The fourth-order valence-corrected chi connectivity index (χ4v) is 1.83. The van der Waals surface area contributed by atoms with Crippen LogP contribution in [0, 0.1) is 15.5 Å². The van der Waals surface area contributed by atoms with Crippen LogP contribution in [-0.4, -0.2) is 15.3 Å². The molecule has 0 spiro atoms. The maximum absolute atomic E-state index is 12.0. The van der Waals surface area contributed by atoms with Crippen LogP contribution in [0.3, 0.4) is 0 Å². The van der Waals surface area contributed by atoms with Crippen molar-refractivity contribution in [3.05, 3.63) is 40.6 Å². The van der Waals surface area contributed by atoms with Gasteiger partial charge in [-0.2, -0.15) is 0 Å². The number of nitro benzene ring substituents is 1.